The molecule has 2 aromatic heterocycles. The van der Waals surface area contributed by atoms with E-state index in [-0.39, 0.29) is 0 Å². The first-order valence-electron chi connectivity index (χ1n) is 5.99. The maximum Gasteiger partial charge on any atom is 0.159 e. The Morgan fingerprint density at radius 1 is 0.632 bits per heavy atom. The number of hydrogen-bond acceptors (Lipinski definition) is 4. The SMILES string of the molecule is Cc1ncc(-c2cnc(-c3ccccc3)nc2)cn1. The van der Waals surface area contributed by atoms with Crippen LogP contribution >= 0.6 is 0 Å². The molecule has 4 nitrogen and oxygen atoms in total. The first-order valence-corrected chi connectivity index (χ1v) is 5.99. The van der Waals surface area contributed by atoms with Crippen LogP contribution in [0.3, 0.4) is 0 Å². The molecule has 19 heavy (non-hydrogen) atoms. The molecule has 0 saturated carbocycles. The lowest BCUT2D eigenvalue weighted by molar-refractivity contribution is 1.05. The van der Waals surface area contributed by atoms with Gasteiger partial charge in [-0.15, -0.1) is 0 Å². The Hall–Kier alpha value is -2.62. The van der Waals surface area contributed by atoms with Crippen molar-refractivity contribution in [3.05, 3.63) is 60.9 Å². The van der Waals surface area contributed by atoms with Gasteiger partial charge in [0.2, 0.25) is 0 Å². The van der Waals surface area contributed by atoms with Crippen LogP contribution in [-0.4, -0.2) is 19.9 Å². The molecule has 4 heteroatoms. The molecule has 0 saturated heterocycles. The molecular formula is C15H12N4. The summed E-state index contributed by atoms with van der Waals surface area (Å²) in [5.41, 5.74) is 2.85. The molecule has 0 radical (unpaired) electrons. The van der Waals surface area contributed by atoms with Gasteiger partial charge < -0.3 is 0 Å². The van der Waals surface area contributed by atoms with Gasteiger partial charge in [0.05, 0.1) is 0 Å². The average Bonchev–Trinajstić information content (AvgIpc) is 2.49. The highest BCUT2D eigenvalue weighted by Crippen LogP contribution is 2.18. The van der Waals surface area contributed by atoms with E-state index in [1.165, 1.54) is 0 Å². The Labute approximate surface area is 111 Å². The van der Waals surface area contributed by atoms with Gasteiger partial charge >= 0.3 is 0 Å². The zero-order chi connectivity index (χ0) is 13.1. The molecule has 92 valence electrons. The molecule has 0 bridgehead atoms. The lowest BCUT2D eigenvalue weighted by Crippen LogP contribution is -1.91. The minimum atomic E-state index is 0.720. The van der Waals surface area contributed by atoms with Crippen molar-refractivity contribution in [3.63, 3.8) is 0 Å². The molecule has 0 aliphatic heterocycles. The van der Waals surface area contributed by atoms with Crippen molar-refractivity contribution >= 4 is 0 Å². The third kappa shape index (κ3) is 2.47. The number of nitrogens with zero attached hydrogens (tertiary/aromatic N) is 4. The Balaban J connectivity index is 1.93. The first kappa shape index (κ1) is 11.5. The van der Waals surface area contributed by atoms with E-state index in [0.29, 0.717) is 0 Å². The highest BCUT2D eigenvalue weighted by atomic mass is 14.9. The van der Waals surface area contributed by atoms with Gasteiger partial charge in [0, 0.05) is 41.5 Å². The van der Waals surface area contributed by atoms with Gasteiger partial charge in [-0.1, -0.05) is 30.3 Å². The minimum absolute atomic E-state index is 0.720. The zero-order valence-electron chi connectivity index (χ0n) is 10.5. The highest BCUT2D eigenvalue weighted by molar-refractivity contribution is 5.62. The first-order chi connectivity index (χ1) is 9.33. The third-order valence-corrected chi connectivity index (χ3v) is 2.80. The molecule has 0 N–H and O–H groups in total. The molecule has 0 amide bonds. The fourth-order valence-corrected chi connectivity index (χ4v) is 1.76. The van der Waals surface area contributed by atoms with Crippen LogP contribution in [0.4, 0.5) is 0 Å². The van der Waals surface area contributed by atoms with E-state index in [4.69, 9.17) is 0 Å². The monoisotopic (exact) mass is 248 g/mol. The van der Waals surface area contributed by atoms with Crippen LogP contribution in [0.1, 0.15) is 5.82 Å². The van der Waals surface area contributed by atoms with E-state index in [0.717, 1.165) is 28.3 Å². The van der Waals surface area contributed by atoms with Gasteiger partial charge in [-0.25, -0.2) is 19.9 Å². The second kappa shape index (κ2) is 4.94. The Kier molecular flexibility index (Phi) is 2.98. The second-order valence-electron chi connectivity index (χ2n) is 4.18. The second-order valence-corrected chi connectivity index (χ2v) is 4.18. The summed E-state index contributed by atoms with van der Waals surface area (Å²) in [4.78, 5) is 17.1. The Morgan fingerprint density at radius 2 is 1.16 bits per heavy atom. The number of rotatable bonds is 2. The number of hydrogen-bond donors (Lipinski definition) is 0. The molecule has 0 atom stereocenters. The fourth-order valence-electron chi connectivity index (χ4n) is 1.76. The maximum atomic E-state index is 4.38. The number of aryl methyl sites for hydroxylation is 1. The summed E-state index contributed by atoms with van der Waals surface area (Å²) in [5.74, 6) is 1.47. The number of benzene rings is 1. The summed E-state index contributed by atoms with van der Waals surface area (Å²) in [6.07, 6.45) is 7.15. The fraction of sp³-hybridized carbons (Fsp3) is 0.0667. The Morgan fingerprint density at radius 3 is 1.74 bits per heavy atom. The predicted molar refractivity (Wildman–Crippen MR) is 73.2 cm³/mol. The summed E-state index contributed by atoms with van der Waals surface area (Å²) in [5, 5.41) is 0. The van der Waals surface area contributed by atoms with Crippen molar-refractivity contribution < 1.29 is 0 Å². The standard InChI is InChI=1S/C15H12N4/c1-11-16-7-13(8-17-11)14-9-18-15(19-10-14)12-5-3-2-4-6-12/h2-10H,1H3. The topological polar surface area (TPSA) is 51.6 Å². The summed E-state index contributed by atoms with van der Waals surface area (Å²) in [6, 6.07) is 9.90. The maximum absolute atomic E-state index is 4.38. The van der Waals surface area contributed by atoms with E-state index < -0.39 is 0 Å². The minimum Gasteiger partial charge on any atom is -0.241 e. The van der Waals surface area contributed by atoms with Gasteiger partial charge in [0.1, 0.15) is 5.82 Å². The third-order valence-electron chi connectivity index (χ3n) is 2.80. The van der Waals surface area contributed by atoms with Gasteiger partial charge in [-0.05, 0) is 6.92 Å². The summed E-state index contributed by atoms with van der Waals surface area (Å²) >= 11 is 0. The van der Waals surface area contributed by atoms with Crippen molar-refractivity contribution in [2.24, 2.45) is 0 Å². The molecule has 0 aliphatic carbocycles. The van der Waals surface area contributed by atoms with E-state index in [1.54, 1.807) is 24.8 Å². The lowest BCUT2D eigenvalue weighted by Gasteiger charge is -2.02. The number of aromatic nitrogens is 4. The van der Waals surface area contributed by atoms with E-state index in [2.05, 4.69) is 19.9 Å². The molecule has 0 fully saturated rings. The van der Waals surface area contributed by atoms with E-state index in [1.807, 2.05) is 37.3 Å². The predicted octanol–water partition coefficient (Wildman–Crippen LogP) is 2.91. The molecule has 2 heterocycles. The van der Waals surface area contributed by atoms with Crippen molar-refractivity contribution in [2.75, 3.05) is 0 Å². The molecule has 0 unspecified atom stereocenters. The lowest BCUT2D eigenvalue weighted by atomic mass is 10.2. The van der Waals surface area contributed by atoms with Crippen molar-refractivity contribution in [1.82, 2.24) is 19.9 Å². The molecular weight excluding hydrogens is 236 g/mol. The van der Waals surface area contributed by atoms with Gasteiger partial charge in [-0.2, -0.15) is 0 Å². The normalized spacial score (nSPS) is 10.4. The van der Waals surface area contributed by atoms with Crippen LogP contribution in [0.5, 0.6) is 0 Å². The zero-order valence-corrected chi connectivity index (χ0v) is 10.5. The van der Waals surface area contributed by atoms with Crippen LogP contribution in [0, 0.1) is 6.92 Å². The van der Waals surface area contributed by atoms with Crippen LogP contribution in [0.2, 0.25) is 0 Å². The smallest absolute Gasteiger partial charge is 0.159 e. The van der Waals surface area contributed by atoms with Gasteiger partial charge in [-0.3, -0.25) is 0 Å². The van der Waals surface area contributed by atoms with Crippen LogP contribution in [0.25, 0.3) is 22.5 Å². The van der Waals surface area contributed by atoms with Crippen LogP contribution in [0.15, 0.2) is 55.1 Å². The quantitative estimate of drug-likeness (QED) is 0.699. The largest absolute Gasteiger partial charge is 0.241 e. The van der Waals surface area contributed by atoms with Crippen molar-refractivity contribution in [1.29, 1.82) is 0 Å². The van der Waals surface area contributed by atoms with Crippen molar-refractivity contribution in [3.8, 4) is 22.5 Å². The average molecular weight is 248 g/mol. The summed E-state index contributed by atoms with van der Waals surface area (Å²) in [7, 11) is 0. The van der Waals surface area contributed by atoms with E-state index >= 15 is 0 Å². The van der Waals surface area contributed by atoms with Crippen molar-refractivity contribution in [2.45, 2.75) is 6.92 Å². The van der Waals surface area contributed by atoms with Gasteiger partial charge in [0.15, 0.2) is 5.82 Å². The molecule has 3 rings (SSSR count). The highest BCUT2D eigenvalue weighted by Gasteiger charge is 2.03. The van der Waals surface area contributed by atoms with Crippen LogP contribution in [-0.2, 0) is 0 Å². The Bertz CT molecular complexity index is 661. The summed E-state index contributed by atoms with van der Waals surface area (Å²) in [6.45, 7) is 1.86. The van der Waals surface area contributed by atoms with Crippen LogP contribution < -0.4 is 0 Å². The molecule has 0 spiro atoms. The van der Waals surface area contributed by atoms with Gasteiger partial charge in [0.25, 0.3) is 0 Å². The molecule has 0 aliphatic rings. The molecule has 3 aromatic rings. The molecule has 1 aromatic carbocycles. The summed E-state index contributed by atoms with van der Waals surface area (Å²) < 4.78 is 0. The van der Waals surface area contributed by atoms with E-state index in [9.17, 15) is 0 Å².